The van der Waals surface area contributed by atoms with E-state index in [1.165, 1.54) is 0 Å². The summed E-state index contributed by atoms with van der Waals surface area (Å²) in [4.78, 5) is 31.1. The smallest absolute Gasteiger partial charge is 0.236 e. The number of imidazole rings is 1. The van der Waals surface area contributed by atoms with E-state index in [4.69, 9.17) is 23.9 Å². The molecule has 12 heteroatoms. The highest BCUT2D eigenvalue weighted by Gasteiger charge is 2.30. The number of aromatic nitrogens is 4. The molecule has 4 aromatic rings. The van der Waals surface area contributed by atoms with Crippen molar-refractivity contribution < 1.29 is 23.7 Å². The highest BCUT2D eigenvalue weighted by atomic mass is 16.7. The summed E-state index contributed by atoms with van der Waals surface area (Å²) < 4.78 is 23.7. The Labute approximate surface area is 236 Å². The van der Waals surface area contributed by atoms with E-state index in [-0.39, 0.29) is 25.5 Å². The topological polar surface area (TPSA) is 116 Å². The molecular formula is C29H29N7O5. The Balaban J connectivity index is 1.07. The van der Waals surface area contributed by atoms with Crippen LogP contribution in [-0.2, 0) is 17.9 Å². The first kappa shape index (κ1) is 25.1. The minimum atomic E-state index is -0.0972. The summed E-state index contributed by atoms with van der Waals surface area (Å²) in [6, 6.07) is 13.6. The lowest BCUT2D eigenvalue weighted by molar-refractivity contribution is -0.121. The van der Waals surface area contributed by atoms with Gasteiger partial charge in [0.15, 0.2) is 23.0 Å². The zero-order valence-electron chi connectivity index (χ0n) is 22.3. The van der Waals surface area contributed by atoms with Gasteiger partial charge in [0.2, 0.25) is 25.4 Å². The predicted molar refractivity (Wildman–Crippen MR) is 147 cm³/mol. The van der Waals surface area contributed by atoms with Crippen LogP contribution in [0.5, 0.6) is 23.0 Å². The molecule has 0 spiro atoms. The molecule has 0 saturated carbocycles. The van der Waals surface area contributed by atoms with E-state index in [0.717, 1.165) is 47.3 Å². The molecule has 2 aromatic heterocycles. The number of hydrogen-bond acceptors (Lipinski definition) is 10. The first-order valence-electron chi connectivity index (χ1n) is 13.5. The summed E-state index contributed by atoms with van der Waals surface area (Å²) in [5.74, 6) is 4.24. The highest BCUT2D eigenvalue weighted by Crippen LogP contribution is 2.34. The van der Waals surface area contributed by atoms with Crippen molar-refractivity contribution in [3.63, 3.8) is 0 Å². The third-order valence-electron chi connectivity index (χ3n) is 7.42. The number of hydrogen-bond donors (Lipinski definition) is 1. The van der Waals surface area contributed by atoms with Gasteiger partial charge in [0.1, 0.15) is 12.1 Å². The van der Waals surface area contributed by atoms with Gasteiger partial charge in [0.05, 0.1) is 6.04 Å². The number of nitrogens with zero attached hydrogens (tertiary/aromatic N) is 6. The molecule has 1 saturated heterocycles. The lowest BCUT2D eigenvalue weighted by Crippen LogP contribution is -2.54. The lowest BCUT2D eigenvalue weighted by atomic mass is 10.1. The monoisotopic (exact) mass is 555 g/mol. The molecule has 5 heterocycles. The zero-order chi connectivity index (χ0) is 27.6. The third-order valence-corrected chi connectivity index (χ3v) is 7.42. The van der Waals surface area contributed by atoms with Crippen LogP contribution in [-0.4, -0.2) is 69.6 Å². The molecule has 1 unspecified atom stereocenters. The summed E-state index contributed by atoms with van der Waals surface area (Å²) in [7, 11) is 0. The zero-order valence-corrected chi connectivity index (χ0v) is 22.3. The maximum atomic E-state index is 13.3. The fraction of sp³-hybridized carbons (Fsp3) is 0.310. The van der Waals surface area contributed by atoms with Crippen LogP contribution in [0.25, 0.3) is 5.95 Å². The van der Waals surface area contributed by atoms with E-state index < -0.39 is 0 Å². The average molecular weight is 556 g/mol. The molecule has 210 valence electrons. The molecule has 0 aliphatic carbocycles. The molecule has 1 N–H and O–H groups in total. The average Bonchev–Trinajstić information content (AvgIpc) is 3.78. The van der Waals surface area contributed by atoms with Gasteiger partial charge in [-0.2, -0.15) is 4.98 Å². The molecule has 0 bridgehead atoms. The first-order chi connectivity index (χ1) is 20.2. The Kier molecular flexibility index (Phi) is 6.73. The molecule has 12 nitrogen and oxygen atoms in total. The van der Waals surface area contributed by atoms with Crippen molar-refractivity contribution in [1.82, 2.24) is 29.7 Å². The second-order valence-electron chi connectivity index (χ2n) is 10.1. The SMILES string of the molecule is O=C(CC1CN(Cc2ccc3c(c2)OCO3)CCN1c1ccnc(-n2ccnc2)n1)NCc1ccc2c(c1)OCO2. The number of nitrogens with one attached hydrogen (secondary N) is 1. The van der Waals surface area contributed by atoms with Crippen LogP contribution in [0.2, 0.25) is 0 Å². The van der Waals surface area contributed by atoms with Crippen LogP contribution in [0.3, 0.4) is 0 Å². The summed E-state index contributed by atoms with van der Waals surface area (Å²) in [5.41, 5.74) is 2.09. The summed E-state index contributed by atoms with van der Waals surface area (Å²) >= 11 is 0. The quantitative estimate of drug-likeness (QED) is 0.348. The largest absolute Gasteiger partial charge is 0.454 e. The molecule has 1 atom stereocenters. The van der Waals surface area contributed by atoms with Crippen LogP contribution in [0, 0.1) is 0 Å². The molecule has 7 rings (SSSR count). The van der Waals surface area contributed by atoms with Gasteiger partial charge in [-0.05, 0) is 41.5 Å². The minimum absolute atomic E-state index is 0.0357. The second-order valence-corrected chi connectivity index (χ2v) is 10.1. The normalized spacial score (nSPS) is 17.6. The van der Waals surface area contributed by atoms with Crippen molar-refractivity contribution in [2.24, 2.45) is 0 Å². The van der Waals surface area contributed by atoms with Crippen molar-refractivity contribution in [3.8, 4) is 28.9 Å². The highest BCUT2D eigenvalue weighted by molar-refractivity contribution is 5.77. The number of anilines is 1. The van der Waals surface area contributed by atoms with Crippen molar-refractivity contribution in [3.05, 3.63) is 78.5 Å². The van der Waals surface area contributed by atoms with Gasteiger partial charge < -0.3 is 29.2 Å². The van der Waals surface area contributed by atoms with Crippen molar-refractivity contribution in [2.45, 2.75) is 25.6 Å². The molecule has 3 aliphatic rings. The van der Waals surface area contributed by atoms with E-state index in [1.54, 1.807) is 23.3 Å². The minimum Gasteiger partial charge on any atom is -0.454 e. The molecular weight excluding hydrogens is 526 g/mol. The van der Waals surface area contributed by atoms with Crippen LogP contribution < -0.4 is 29.2 Å². The van der Waals surface area contributed by atoms with E-state index in [2.05, 4.69) is 31.2 Å². The van der Waals surface area contributed by atoms with Crippen LogP contribution in [0.1, 0.15) is 17.5 Å². The Bertz CT molecular complexity index is 1550. The van der Waals surface area contributed by atoms with Gasteiger partial charge in [0.25, 0.3) is 0 Å². The van der Waals surface area contributed by atoms with Gasteiger partial charge in [-0.3, -0.25) is 14.3 Å². The number of piperazine rings is 1. The van der Waals surface area contributed by atoms with E-state index in [9.17, 15) is 4.79 Å². The summed E-state index contributed by atoms with van der Waals surface area (Å²) in [5, 5.41) is 3.08. The Hall–Kier alpha value is -4.84. The van der Waals surface area contributed by atoms with Gasteiger partial charge in [-0.25, -0.2) is 9.97 Å². The Morgan fingerprint density at radius 2 is 1.66 bits per heavy atom. The maximum absolute atomic E-state index is 13.3. The van der Waals surface area contributed by atoms with Gasteiger partial charge >= 0.3 is 0 Å². The number of carbonyl (C=O) groups is 1. The van der Waals surface area contributed by atoms with Crippen LogP contribution in [0.15, 0.2) is 67.4 Å². The molecule has 1 amide bonds. The number of rotatable bonds is 8. The Morgan fingerprint density at radius 1 is 0.902 bits per heavy atom. The Morgan fingerprint density at radius 3 is 2.44 bits per heavy atom. The van der Waals surface area contributed by atoms with Crippen LogP contribution >= 0.6 is 0 Å². The third kappa shape index (κ3) is 5.46. The number of carbonyl (C=O) groups excluding carboxylic acids is 1. The molecule has 3 aliphatic heterocycles. The summed E-state index contributed by atoms with van der Waals surface area (Å²) in [6.45, 7) is 3.83. The van der Waals surface area contributed by atoms with E-state index >= 15 is 0 Å². The fourth-order valence-electron chi connectivity index (χ4n) is 5.38. The van der Waals surface area contributed by atoms with Gasteiger partial charge in [-0.1, -0.05) is 12.1 Å². The standard InChI is InChI=1S/C29H29N7O5/c37-28(32-14-20-1-3-23-25(11-20)40-18-38-23)13-22-16-34(15-21-2-4-24-26(12-21)41-19-39-24)9-10-36(22)27-5-6-31-29(33-27)35-8-7-30-17-35/h1-8,11-12,17,22H,9-10,13-16,18-19H2,(H,32,37). The number of ether oxygens (including phenoxy) is 4. The number of benzene rings is 2. The number of amides is 1. The van der Waals surface area contributed by atoms with Crippen molar-refractivity contribution >= 4 is 11.7 Å². The van der Waals surface area contributed by atoms with Crippen molar-refractivity contribution in [2.75, 3.05) is 38.1 Å². The van der Waals surface area contributed by atoms with E-state index in [0.29, 0.717) is 37.8 Å². The number of fused-ring (bicyclic) bond motifs is 2. The molecule has 1 fully saturated rings. The first-order valence-corrected chi connectivity index (χ1v) is 13.5. The maximum Gasteiger partial charge on any atom is 0.236 e. The van der Waals surface area contributed by atoms with Gasteiger partial charge in [-0.15, -0.1) is 0 Å². The molecule has 0 radical (unpaired) electrons. The van der Waals surface area contributed by atoms with Crippen LogP contribution in [0.4, 0.5) is 5.82 Å². The predicted octanol–water partition coefficient (Wildman–Crippen LogP) is 2.52. The van der Waals surface area contributed by atoms with E-state index in [1.807, 2.05) is 42.6 Å². The van der Waals surface area contributed by atoms with Crippen molar-refractivity contribution in [1.29, 1.82) is 0 Å². The fourth-order valence-corrected chi connectivity index (χ4v) is 5.38. The van der Waals surface area contributed by atoms with Gasteiger partial charge in [0, 0.05) is 57.7 Å². The second kappa shape index (κ2) is 11.0. The lowest BCUT2D eigenvalue weighted by Gasteiger charge is -2.42. The molecule has 2 aromatic carbocycles. The summed E-state index contributed by atoms with van der Waals surface area (Å²) in [6.07, 6.45) is 7.23. The molecule has 41 heavy (non-hydrogen) atoms.